The van der Waals surface area contributed by atoms with E-state index >= 15 is 0 Å². The largest absolute Gasteiger partial charge is 0.337 e. The number of piperidine rings is 1. The monoisotopic (exact) mass is 377 g/mol. The van der Waals surface area contributed by atoms with Crippen molar-refractivity contribution in [1.82, 2.24) is 23.8 Å². The second-order valence-electron chi connectivity index (χ2n) is 8.28. The average Bonchev–Trinajstić information content (AvgIpc) is 3.27. The Labute approximate surface area is 165 Å². The van der Waals surface area contributed by atoms with Crippen molar-refractivity contribution in [2.45, 2.75) is 51.5 Å². The quantitative estimate of drug-likeness (QED) is 0.697. The molecule has 6 heteroatoms. The molecule has 28 heavy (non-hydrogen) atoms. The number of hydrogen-bond donors (Lipinski definition) is 0. The topological polar surface area (TPSA) is 55.4 Å². The molecule has 0 N–H and O–H groups in total. The number of aryl methyl sites for hydroxylation is 1. The molecule has 0 unspecified atom stereocenters. The maximum atomic E-state index is 13.2. The molecule has 6 nitrogen and oxygen atoms in total. The highest BCUT2D eigenvalue weighted by atomic mass is 16.2. The first-order valence-corrected chi connectivity index (χ1v) is 10.4. The summed E-state index contributed by atoms with van der Waals surface area (Å²) in [5.74, 6) is 2.58. The lowest BCUT2D eigenvalue weighted by atomic mass is 9.85. The highest BCUT2D eigenvalue weighted by Crippen LogP contribution is 2.32. The number of rotatable bonds is 4. The van der Waals surface area contributed by atoms with E-state index in [1.807, 2.05) is 46.8 Å². The van der Waals surface area contributed by atoms with Crippen LogP contribution in [0.5, 0.6) is 0 Å². The number of carbonyl (C=O) groups is 1. The van der Waals surface area contributed by atoms with Crippen LogP contribution >= 0.6 is 0 Å². The van der Waals surface area contributed by atoms with E-state index in [2.05, 4.69) is 20.7 Å². The second kappa shape index (κ2) is 7.08. The van der Waals surface area contributed by atoms with Crippen LogP contribution in [0.25, 0.3) is 5.65 Å². The van der Waals surface area contributed by atoms with Gasteiger partial charge in [-0.1, -0.05) is 12.5 Å². The Morgan fingerprint density at radius 2 is 1.96 bits per heavy atom. The van der Waals surface area contributed by atoms with Crippen LogP contribution in [-0.4, -0.2) is 42.8 Å². The van der Waals surface area contributed by atoms with Crippen LogP contribution in [-0.2, 0) is 6.54 Å². The minimum atomic E-state index is 0.0902. The molecule has 2 fully saturated rings. The van der Waals surface area contributed by atoms with Gasteiger partial charge in [0.05, 0.1) is 5.69 Å². The van der Waals surface area contributed by atoms with Crippen LogP contribution in [0.15, 0.2) is 36.8 Å². The standard InChI is InChI=1S/C22H27N5O/c1-16-20(27-11-3-2-7-19(27)24-16)22(28)25-12-8-18(9-13-25)21-23-10-14-26(21)15-17-5-4-6-17/h2-3,7,10-11,14,17-18H,4-6,8-9,12-13,15H2,1H3. The molecule has 1 saturated heterocycles. The van der Waals surface area contributed by atoms with E-state index < -0.39 is 0 Å². The van der Waals surface area contributed by atoms with Crippen molar-refractivity contribution in [1.29, 1.82) is 0 Å². The van der Waals surface area contributed by atoms with Crippen molar-refractivity contribution >= 4 is 11.6 Å². The molecule has 0 radical (unpaired) electrons. The Morgan fingerprint density at radius 1 is 1.14 bits per heavy atom. The maximum Gasteiger partial charge on any atom is 0.272 e. The first-order valence-electron chi connectivity index (χ1n) is 10.4. The van der Waals surface area contributed by atoms with Gasteiger partial charge in [0.25, 0.3) is 5.91 Å². The second-order valence-corrected chi connectivity index (χ2v) is 8.28. The Morgan fingerprint density at radius 3 is 2.71 bits per heavy atom. The third-order valence-electron chi connectivity index (χ3n) is 6.48. The van der Waals surface area contributed by atoms with Gasteiger partial charge in [0, 0.05) is 44.1 Å². The molecule has 2 aliphatic rings. The Kier molecular flexibility index (Phi) is 4.41. The summed E-state index contributed by atoms with van der Waals surface area (Å²) < 4.78 is 4.27. The fourth-order valence-electron chi connectivity index (χ4n) is 4.65. The Hall–Kier alpha value is -2.63. The average molecular weight is 377 g/mol. The summed E-state index contributed by atoms with van der Waals surface area (Å²) in [5.41, 5.74) is 2.33. The fraction of sp³-hybridized carbons (Fsp3) is 0.500. The summed E-state index contributed by atoms with van der Waals surface area (Å²) >= 11 is 0. The lowest BCUT2D eigenvalue weighted by molar-refractivity contribution is 0.0702. The zero-order valence-corrected chi connectivity index (χ0v) is 16.4. The third-order valence-corrected chi connectivity index (χ3v) is 6.48. The van der Waals surface area contributed by atoms with Gasteiger partial charge in [-0.2, -0.15) is 0 Å². The zero-order valence-electron chi connectivity index (χ0n) is 16.4. The van der Waals surface area contributed by atoms with Crippen molar-refractivity contribution in [2.24, 2.45) is 5.92 Å². The van der Waals surface area contributed by atoms with Crippen LogP contribution in [0.2, 0.25) is 0 Å². The minimum absolute atomic E-state index is 0.0902. The number of nitrogens with zero attached hydrogens (tertiary/aromatic N) is 5. The van der Waals surface area contributed by atoms with Crippen molar-refractivity contribution in [3.8, 4) is 0 Å². The molecule has 0 aromatic carbocycles. The highest BCUT2D eigenvalue weighted by Gasteiger charge is 2.30. The molecule has 3 aromatic rings. The summed E-state index contributed by atoms with van der Waals surface area (Å²) in [7, 11) is 0. The summed E-state index contributed by atoms with van der Waals surface area (Å²) in [6, 6.07) is 5.84. The van der Waals surface area contributed by atoms with E-state index in [0.29, 0.717) is 11.6 Å². The van der Waals surface area contributed by atoms with E-state index in [1.54, 1.807) is 0 Å². The van der Waals surface area contributed by atoms with Crippen LogP contribution in [0.4, 0.5) is 0 Å². The number of hydrogen-bond acceptors (Lipinski definition) is 3. The number of aromatic nitrogens is 4. The van der Waals surface area contributed by atoms with Gasteiger partial charge in [-0.05, 0) is 50.7 Å². The molecular formula is C22H27N5O. The maximum absolute atomic E-state index is 13.2. The summed E-state index contributed by atoms with van der Waals surface area (Å²) in [6.45, 7) is 4.58. The van der Waals surface area contributed by atoms with Crippen LogP contribution in [0, 0.1) is 12.8 Å². The van der Waals surface area contributed by atoms with Gasteiger partial charge in [0.15, 0.2) is 0 Å². The number of amides is 1. The Bertz CT molecular complexity index is 991. The first-order chi connectivity index (χ1) is 13.7. The van der Waals surface area contributed by atoms with Crippen molar-refractivity contribution in [3.63, 3.8) is 0 Å². The predicted octanol–water partition coefficient (Wildman–Crippen LogP) is 3.66. The molecule has 1 saturated carbocycles. The molecular weight excluding hydrogens is 350 g/mol. The number of pyridine rings is 1. The number of carbonyl (C=O) groups excluding carboxylic acids is 1. The molecule has 1 aliphatic heterocycles. The van der Waals surface area contributed by atoms with Gasteiger partial charge in [0.2, 0.25) is 0 Å². The van der Waals surface area contributed by atoms with Gasteiger partial charge in [-0.3, -0.25) is 9.20 Å². The summed E-state index contributed by atoms with van der Waals surface area (Å²) in [4.78, 5) is 24.4. The van der Waals surface area contributed by atoms with Gasteiger partial charge in [-0.15, -0.1) is 0 Å². The highest BCUT2D eigenvalue weighted by molar-refractivity contribution is 5.94. The summed E-state index contributed by atoms with van der Waals surface area (Å²) in [5, 5.41) is 0. The minimum Gasteiger partial charge on any atom is -0.337 e. The van der Waals surface area contributed by atoms with E-state index in [9.17, 15) is 4.79 Å². The smallest absolute Gasteiger partial charge is 0.272 e. The Balaban J connectivity index is 1.29. The molecule has 0 spiro atoms. The van der Waals surface area contributed by atoms with E-state index in [-0.39, 0.29) is 5.91 Å². The molecule has 4 heterocycles. The van der Waals surface area contributed by atoms with Gasteiger partial charge in [0.1, 0.15) is 17.2 Å². The van der Waals surface area contributed by atoms with E-state index in [0.717, 1.165) is 49.7 Å². The number of likely N-dealkylation sites (tertiary alicyclic amines) is 1. The molecule has 1 aliphatic carbocycles. The normalized spacial score (nSPS) is 18.5. The lowest BCUT2D eigenvalue weighted by Crippen LogP contribution is -2.39. The van der Waals surface area contributed by atoms with Crippen molar-refractivity contribution < 1.29 is 4.79 Å². The third kappa shape index (κ3) is 3.01. The van der Waals surface area contributed by atoms with Crippen LogP contribution in [0.1, 0.15) is 60.0 Å². The van der Waals surface area contributed by atoms with Crippen LogP contribution < -0.4 is 0 Å². The van der Waals surface area contributed by atoms with E-state index in [1.165, 1.54) is 25.1 Å². The molecule has 146 valence electrons. The van der Waals surface area contributed by atoms with Crippen LogP contribution in [0.3, 0.4) is 0 Å². The fourth-order valence-corrected chi connectivity index (χ4v) is 4.65. The van der Waals surface area contributed by atoms with Crippen molar-refractivity contribution in [2.75, 3.05) is 13.1 Å². The molecule has 3 aromatic heterocycles. The van der Waals surface area contributed by atoms with Gasteiger partial charge < -0.3 is 9.47 Å². The predicted molar refractivity (Wildman–Crippen MR) is 107 cm³/mol. The SMILES string of the molecule is Cc1nc2ccccn2c1C(=O)N1CCC(c2nccn2CC2CCC2)CC1. The van der Waals surface area contributed by atoms with Gasteiger partial charge in [-0.25, -0.2) is 9.97 Å². The van der Waals surface area contributed by atoms with E-state index in [4.69, 9.17) is 0 Å². The van der Waals surface area contributed by atoms with Crippen molar-refractivity contribution in [3.05, 3.63) is 54.0 Å². The number of imidazole rings is 2. The molecule has 0 bridgehead atoms. The zero-order chi connectivity index (χ0) is 19.1. The van der Waals surface area contributed by atoms with Gasteiger partial charge >= 0.3 is 0 Å². The molecule has 1 amide bonds. The first kappa shape index (κ1) is 17.5. The lowest BCUT2D eigenvalue weighted by Gasteiger charge is -2.33. The number of fused-ring (bicyclic) bond motifs is 1. The molecule has 0 atom stereocenters. The summed E-state index contributed by atoms with van der Waals surface area (Å²) in [6.07, 6.45) is 12.0. The molecule has 5 rings (SSSR count).